The Morgan fingerprint density at radius 2 is 1.86 bits per heavy atom. The zero-order chi connectivity index (χ0) is 20.2. The van der Waals surface area contributed by atoms with Crippen LogP contribution in [-0.4, -0.2) is 67.3 Å². The molecule has 0 spiro atoms. The first kappa shape index (κ1) is 19.6. The molecule has 0 amide bonds. The van der Waals surface area contributed by atoms with Gasteiger partial charge in [0.1, 0.15) is 10.6 Å². The maximum atomic E-state index is 12.9. The Kier molecular flexibility index (Phi) is 4.78. The summed E-state index contributed by atoms with van der Waals surface area (Å²) in [6.45, 7) is 10.2. The van der Waals surface area contributed by atoms with E-state index in [1.807, 2.05) is 0 Å². The van der Waals surface area contributed by atoms with Gasteiger partial charge in [-0.1, -0.05) is 25.7 Å². The Morgan fingerprint density at radius 3 is 2.52 bits per heavy atom. The van der Waals surface area contributed by atoms with E-state index in [2.05, 4.69) is 35.5 Å². The first-order valence-corrected chi connectivity index (χ1v) is 11.7. The van der Waals surface area contributed by atoms with Crippen molar-refractivity contribution in [3.8, 4) is 11.8 Å². The molecule has 1 aromatic rings. The van der Waals surface area contributed by atoms with Crippen LogP contribution in [0.1, 0.15) is 53.9 Å². The Hall–Kier alpha value is -1.39. The van der Waals surface area contributed by atoms with Crippen LogP contribution in [0.5, 0.6) is 0 Å². The molecule has 5 heterocycles. The summed E-state index contributed by atoms with van der Waals surface area (Å²) in [6, 6.07) is 0. The predicted molar refractivity (Wildman–Crippen MR) is 115 cm³/mol. The summed E-state index contributed by atoms with van der Waals surface area (Å²) in [4.78, 5) is 18.4. The maximum Gasteiger partial charge on any atom is 0.173 e. The van der Waals surface area contributed by atoms with Gasteiger partial charge in [0.15, 0.2) is 5.78 Å². The number of ether oxygens (including phenoxy) is 1. The van der Waals surface area contributed by atoms with Crippen molar-refractivity contribution < 1.29 is 14.6 Å². The lowest BCUT2D eigenvalue weighted by Crippen LogP contribution is -2.58. The molecule has 156 valence electrons. The lowest BCUT2D eigenvalue weighted by Gasteiger charge is -2.47. The Morgan fingerprint density at radius 1 is 1.14 bits per heavy atom. The minimum Gasteiger partial charge on any atom is -0.378 e. The molecule has 1 N–H and O–H groups in total. The van der Waals surface area contributed by atoms with E-state index in [4.69, 9.17) is 4.74 Å². The number of piperidine rings is 3. The van der Waals surface area contributed by atoms with Gasteiger partial charge in [0.25, 0.3) is 0 Å². The number of fused-ring (bicyclic) bond motifs is 4. The molecular weight excluding hydrogens is 384 g/mol. The van der Waals surface area contributed by atoms with Crippen molar-refractivity contribution in [1.82, 2.24) is 4.90 Å². The molecule has 0 radical (unpaired) electrons. The van der Waals surface area contributed by atoms with Gasteiger partial charge in [0, 0.05) is 32.0 Å². The zero-order valence-corrected chi connectivity index (χ0v) is 18.2. The third-order valence-corrected chi connectivity index (χ3v) is 8.30. The van der Waals surface area contributed by atoms with Crippen LogP contribution in [0.25, 0.3) is 0 Å². The fourth-order valence-electron chi connectivity index (χ4n) is 5.37. The number of thiophene rings is 1. The first-order valence-electron chi connectivity index (χ1n) is 10.8. The second-order valence-electron chi connectivity index (χ2n) is 9.85. The van der Waals surface area contributed by atoms with Crippen LogP contribution in [0, 0.1) is 23.2 Å². The van der Waals surface area contributed by atoms with Crippen LogP contribution < -0.4 is 4.90 Å². The number of rotatable bonds is 1. The quantitative estimate of drug-likeness (QED) is 0.716. The van der Waals surface area contributed by atoms with Crippen molar-refractivity contribution >= 4 is 22.1 Å². The van der Waals surface area contributed by atoms with Crippen LogP contribution in [0.15, 0.2) is 0 Å². The summed E-state index contributed by atoms with van der Waals surface area (Å²) < 4.78 is 5.54. The Labute approximate surface area is 177 Å². The van der Waals surface area contributed by atoms with Crippen molar-refractivity contribution in [1.29, 1.82) is 0 Å². The Bertz CT molecular complexity index is 882. The third-order valence-electron chi connectivity index (χ3n) is 6.97. The number of hydrogen-bond donors (Lipinski definition) is 1. The second-order valence-corrected chi connectivity index (χ2v) is 10.9. The lowest BCUT2D eigenvalue weighted by atomic mass is 9.74. The van der Waals surface area contributed by atoms with Crippen molar-refractivity contribution in [2.75, 3.05) is 50.8 Å². The minimum absolute atomic E-state index is 0.0453. The van der Waals surface area contributed by atoms with Gasteiger partial charge in [-0.2, -0.15) is 0 Å². The average molecular weight is 415 g/mol. The summed E-state index contributed by atoms with van der Waals surface area (Å²) >= 11 is 1.60. The van der Waals surface area contributed by atoms with Crippen LogP contribution in [0.2, 0.25) is 0 Å². The molecule has 6 rings (SSSR count). The van der Waals surface area contributed by atoms with Crippen molar-refractivity contribution in [3.63, 3.8) is 0 Å². The lowest BCUT2D eigenvalue weighted by molar-refractivity contribution is -0.0713. The van der Waals surface area contributed by atoms with Crippen LogP contribution in [0.4, 0.5) is 5.00 Å². The topological polar surface area (TPSA) is 53.0 Å². The second kappa shape index (κ2) is 7.09. The largest absolute Gasteiger partial charge is 0.378 e. The molecule has 29 heavy (non-hydrogen) atoms. The molecule has 5 aliphatic rings. The van der Waals surface area contributed by atoms with E-state index in [9.17, 15) is 9.90 Å². The number of nitrogens with zero attached hydrogens (tertiary/aromatic N) is 2. The van der Waals surface area contributed by atoms with Gasteiger partial charge >= 0.3 is 0 Å². The Balaban J connectivity index is 1.57. The number of morpholine rings is 1. The standard InChI is InChI=1S/C23H30N2O3S/c1-22(2)13-18-17(3-6-23(27)15-24-7-4-16(23)5-8-24)21(25-9-11-28-12-10-25)29-20(18)19(26)14-22/h16,27H,4-5,7-15H2,1-2H3. The van der Waals surface area contributed by atoms with Crippen LogP contribution in [0.3, 0.4) is 0 Å². The smallest absolute Gasteiger partial charge is 0.173 e. The zero-order valence-electron chi connectivity index (χ0n) is 17.4. The number of carbonyl (C=O) groups excluding carboxylic acids is 1. The van der Waals surface area contributed by atoms with Crippen molar-refractivity contribution in [2.45, 2.75) is 45.1 Å². The minimum atomic E-state index is -0.929. The van der Waals surface area contributed by atoms with E-state index in [0.29, 0.717) is 26.2 Å². The molecule has 4 saturated heterocycles. The summed E-state index contributed by atoms with van der Waals surface area (Å²) in [7, 11) is 0. The molecule has 1 unspecified atom stereocenters. The van der Waals surface area contributed by atoms with E-state index in [-0.39, 0.29) is 17.1 Å². The van der Waals surface area contributed by atoms with E-state index >= 15 is 0 Å². The molecule has 1 aliphatic carbocycles. The highest BCUT2D eigenvalue weighted by Gasteiger charge is 2.44. The van der Waals surface area contributed by atoms with Gasteiger partial charge in [-0.25, -0.2) is 0 Å². The van der Waals surface area contributed by atoms with Gasteiger partial charge in [0.2, 0.25) is 0 Å². The van der Waals surface area contributed by atoms with E-state index in [1.165, 1.54) is 0 Å². The van der Waals surface area contributed by atoms with Gasteiger partial charge in [-0.05, 0) is 43.3 Å². The SMILES string of the molecule is CC1(C)CC(=O)c2sc(N3CCOCC3)c(C#CC3(O)CN4CCC3CC4)c2C1. The predicted octanol–water partition coefficient (Wildman–Crippen LogP) is 2.55. The van der Waals surface area contributed by atoms with E-state index in [0.717, 1.165) is 66.4 Å². The number of hydrogen-bond acceptors (Lipinski definition) is 6. The van der Waals surface area contributed by atoms with Crippen LogP contribution in [-0.2, 0) is 11.2 Å². The van der Waals surface area contributed by atoms with E-state index < -0.39 is 5.60 Å². The number of carbonyl (C=O) groups is 1. The number of ketones is 1. The van der Waals surface area contributed by atoms with E-state index in [1.54, 1.807) is 11.3 Å². The molecule has 1 atom stereocenters. The fourth-order valence-corrected chi connectivity index (χ4v) is 6.64. The fraction of sp³-hybridized carbons (Fsp3) is 0.696. The maximum absolute atomic E-state index is 12.9. The molecule has 2 bridgehead atoms. The molecule has 4 aliphatic heterocycles. The highest BCUT2D eigenvalue weighted by Crippen LogP contribution is 2.45. The third kappa shape index (κ3) is 3.53. The van der Waals surface area contributed by atoms with Gasteiger partial charge in [-0.15, -0.1) is 11.3 Å². The van der Waals surface area contributed by atoms with Gasteiger partial charge in [-0.3, -0.25) is 9.69 Å². The highest BCUT2D eigenvalue weighted by atomic mass is 32.1. The first-order chi connectivity index (χ1) is 13.8. The van der Waals surface area contributed by atoms with Gasteiger partial charge in [0.05, 0.1) is 23.7 Å². The summed E-state index contributed by atoms with van der Waals surface area (Å²) in [6.07, 6.45) is 3.51. The molecule has 4 fully saturated rings. The summed E-state index contributed by atoms with van der Waals surface area (Å²) in [5.41, 5.74) is 1.12. The summed E-state index contributed by atoms with van der Waals surface area (Å²) in [5.74, 6) is 7.23. The molecule has 0 aromatic carbocycles. The number of Topliss-reactive ketones (excluding diaryl/α,β-unsaturated/α-hetero) is 1. The molecular formula is C23H30N2O3S. The molecule has 1 aromatic heterocycles. The number of anilines is 1. The molecule has 0 saturated carbocycles. The van der Waals surface area contributed by atoms with Crippen molar-refractivity contribution in [2.24, 2.45) is 11.3 Å². The number of aliphatic hydroxyl groups is 1. The average Bonchev–Trinajstić information content (AvgIpc) is 3.05. The normalized spacial score (nSPS) is 33.2. The molecule has 6 heteroatoms. The van der Waals surface area contributed by atoms with Crippen molar-refractivity contribution in [3.05, 3.63) is 16.0 Å². The monoisotopic (exact) mass is 414 g/mol. The van der Waals surface area contributed by atoms with Gasteiger partial charge < -0.3 is 14.7 Å². The molecule has 5 nitrogen and oxygen atoms in total. The van der Waals surface area contributed by atoms with Crippen LogP contribution >= 0.6 is 11.3 Å². The highest BCUT2D eigenvalue weighted by molar-refractivity contribution is 7.18. The summed E-state index contributed by atoms with van der Waals surface area (Å²) in [5, 5.41) is 12.4.